The zero-order valence-corrected chi connectivity index (χ0v) is 21.0. The largest absolute Gasteiger partial charge is 0.494 e. The zero-order chi connectivity index (χ0) is 25.2. The lowest BCUT2D eigenvalue weighted by Gasteiger charge is -2.29. The van der Waals surface area contributed by atoms with Gasteiger partial charge in [-0.15, -0.1) is 5.10 Å². The number of aromatic nitrogens is 4. The van der Waals surface area contributed by atoms with Gasteiger partial charge in [0, 0.05) is 23.0 Å². The number of allylic oxidation sites excluding steroid dienone is 1. The minimum atomic E-state index is -0.673. The molecule has 1 aliphatic rings. The van der Waals surface area contributed by atoms with E-state index in [0.29, 0.717) is 50.9 Å². The molecule has 1 amide bonds. The maximum Gasteiger partial charge on any atom is 0.255 e. The van der Waals surface area contributed by atoms with E-state index < -0.39 is 6.04 Å². The van der Waals surface area contributed by atoms with E-state index in [9.17, 15) is 4.79 Å². The van der Waals surface area contributed by atoms with Gasteiger partial charge in [0.2, 0.25) is 5.95 Å². The molecule has 0 radical (unpaired) electrons. The first-order valence-electron chi connectivity index (χ1n) is 11.3. The van der Waals surface area contributed by atoms with Crippen molar-refractivity contribution in [2.24, 2.45) is 0 Å². The van der Waals surface area contributed by atoms with Crippen LogP contribution in [0.3, 0.4) is 0 Å². The van der Waals surface area contributed by atoms with Gasteiger partial charge in [-0.05, 0) is 56.3 Å². The first-order valence-corrected chi connectivity index (χ1v) is 12.0. The molecule has 10 heteroatoms. The Balaban J connectivity index is 1.60. The highest BCUT2D eigenvalue weighted by Crippen LogP contribution is 2.41. The van der Waals surface area contributed by atoms with E-state index >= 15 is 0 Å². The lowest BCUT2D eigenvalue weighted by atomic mass is 9.95. The molecule has 0 spiro atoms. The van der Waals surface area contributed by atoms with Crippen molar-refractivity contribution in [3.63, 3.8) is 0 Å². The Hall–Kier alpha value is -3.88. The van der Waals surface area contributed by atoms with Crippen molar-refractivity contribution >= 4 is 40.7 Å². The number of halogens is 2. The maximum absolute atomic E-state index is 13.6. The van der Waals surface area contributed by atoms with Crippen LogP contribution in [0.1, 0.15) is 25.5 Å². The Kier molecular flexibility index (Phi) is 6.63. The summed E-state index contributed by atoms with van der Waals surface area (Å²) in [6.07, 6.45) is 3.22. The van der Waals surface area contributed by atoms with Gasteiger partial charge in [0.1, 0.15) is 11.8 Å². The van der Waals surface area contributed by atoms with Gasteiger partial charge in [-0.3, -0.25) is 9.78 Å². The number of carbonyl (C=O) groups excluding carboxylic acids is 1. The molecule has 3 heterocycles. The summed E-state index contributed by atoms with van der Waals surface area (Å²) in [5.74, 6) is 1.41. The van der Waals surface area contributed by atoms with Crippen LogP contribution >= 0.6 is 23.2 Å². The van der Waals surface area contributed by atoms with Crippen molar-refractivity contribution in [3.05, 3.63) is 93.9 Å². The number of amides is 1. The van der Waals surface area contributed by atoms with Gasteiger partial charge in [-0.25, -0.2) is 4.68 Å². The van der Waals surface area contributed by atoms with Gasteiger partial charge in [-0.1, -0.05) is 35.3 Å². The maximum atomic E-state index is 13.6. The molecule has 1 unspecified atom stereocenters. The van der Waals surface area contributed by atoms with Gasteiger partial charge >= 0.3 is 0 Å². The first-order chi connectivity index (χ1) is 17.5. The van der Waals surface area contributed by atoms with Gasteiger partial charge in [0.05, 0.1) is 34.1 Å². The molecule has 182 valence electrons. The fourth-order valence-corrected chi connectivity index (χ4v) is 4.50. The molecule has 2 N–H and O–H groups in total. The van der Waals surface area contributed by atoms with E-state index in [4.69, 9.17) is 38.0 Å². The van der Waals surface area contributed by atoms with E-state index in [1.54, 1.807) is 41.3 Å². The van der Waals surface area contributed by atoms with Crippen molar-refractivity contribution < 1.29 is 9.53 Å². The monoisotopic (exact) mass is 520 g/mol. The average molecular weight is 521 g/mol. The predicted octanol–water partition coefficient (Wildman–Crippen LogP) is 5.97. The number of anilines is 2. The fraction of sp³-hybridized carbons (Fsp3) is 0.154. The summed E-state index contributed by atoms with van der Waals surface area (Å²) in [5, 5.41) is 11.6. The van der Waals surface area contributed by atoms with Crippen LogP contribution in [0.2, 0.25) is 10.0 Å². The highest BCUT2D eigenvalue weighted by Gasteiger charge is 2.36. The van der Waals surface area contributed by atoms with E-state index in [2.05, 4.69) is 15.6 Å². The molecule has 36 heavy (non-hydrogen) atoms. The number of pyridine rings is 1. The number of nitrogens with zero attached hydrogens (tertiary/aromatic N) is 4. The molecule has 4 aromatic rings. The molecule has 0 fully saturated rings. The van der Waals surface area contributed by atoms with Gasteiger partial charge in [-0.2, -0.15) is 4.98 Å². The molecule has 8 nitrogen and oxygen atoms in total. The molecule has 2 aromatic heterocycles. The molecular weight excluding hydrogens is 499 g/mol. The van der Waals surface area contributed by atoms with Crippen LogP contribution in [0, 0.1) is 0 Å². The second kappa shape index (κ2) is 10.0. The second-order valence-corrected chi connectivity index (χ2v) is 8.85. The normalized spacial score (nSPS) is 14.7. The van der Waals surface area contributed by atoms with Crippen molar-refractivity contribution in [2.75, 3.05) is 17.2 Å². The van der Waals surface area contributed by atoms with Crippen LogP contribution in [-0.4, -0.2) is 32.3 Å². The van der Waals surface area contributed by atoms with Crippen LogP contribution in [0.15, 0.2) is 78.3 Å². The molecule has 0 saturated carbocycles. The molecule has 2 aromatic carbocycles. The molecule has 0 saturated heterocycles. The first kappa shape index (κ1) is 23.8. The smallest absolute Gasteiger partial charge is 0.255 e. The van der Waals surface area contributed by atoms with E-state index in [0.717, 1.165) is 11.3 Å². The molecule has 5 rings (SSSR count). The van der Waals surface area contributed by atoms with Crippen molar-refractivity contribution in [3.8, 4) is 17.1 Å². The van der Waals surface area contributed by atoms with Crippen LogP contribution < -0.4 is 15.4 Å². The predicted molar refractivity (Wildman–Crippen MR) is 140 cm³/mol. The Morgan fingerprint density at radius 3 is 2.67 bits per heavy atom. The summed E-state index contributed by atoms with van der Waals surface area (Å²) in [5.41, 5.74) is 3.05. The molecule has 1 aliphatic heterocycles. The van der Waals surface area contributed by atoms with Crippen molar-refractivity contribution in [2.45, 2.75) is 19.9 Å². The number of ether oxygens (including phenoxy) is 1. The summed E-state index contributed by atoms with van der Waals surface area (Å²) in [6, 6.07) is 15.7. The number of fused-ring (bicyclic) bond motifs is 1. The summed E-state index contributed by atoms with van der Waals surface area (Å²) in [7, 11) is 0. The summed E-state index contributed by atoms with van der Waals surface area (Å²) in [6.45, 7) is 4.33. The lowest BCUT2D eigenvalue weighted by molar-refractivity contribution is -0.113. The third kappa shape index (κ3) is 4.53. The topological polar surface area (TPSA) is 94.0 Å². The Morgan fingerprint density at radius 2 is 1.94 bits per heavy atom. The summed E-state index contributed by atoms with van der Waals surface area (Å²) >= 11 is 13.0. The molecule has 0 aliphatic carbocycles. The number of carbonyl (C=O) groups is 1. The second-order valence-electron chi connectivity index (χ2n) is 8.07. The Morgan fingerprint density at radius 1 is 1.14 bits per heavy atom. The van der Waals surface area contributed by atoms with Gasteiger partial charge in [0.25, 0.3) is 5.91 Å². The van der Waals surface area contributed by atoms with Crippen molar-refractivity contribution in [1.82, 2.24) is 19.7 Å². The van der Waals surface area contributed by atoms with Crippen LogP contribution in [0.4, 0.5) is 11.6 Å². The van der Waals surface area contributed by atoms with E-state index in [1.165, 1.54) is 0 Å². The quantitative estimate of drug-likeness (QED) is 0.325. The van der Waals surface area contributed by atoms with Crippen molar-refractivity contribution in [1.29, 1.82) is 0 Å². The SMILES string of the molecule is CCOc1ccc(-c2nc3n(n2)C(c2cccc(Cl)c2Cl)C(C(=O)Nc2cccnc2)=C(C)N3)cc1. The highest BCUT2D eigenvalue weighted by molar-refractivity contribution is 6.42. The highest BCUT2D eigenvalue weighted by atomic mass is 35.5. The van der Waals surface area contributed by atoms with E-state index in [-0.39, 0.29) is 5.91 Å². The number of benzene rings is 2. The number of nitrogens with one attached hydrogen (secondary N) is 2. The Labute approximate surface area is 217 Å². The third-order valence-corrected chi connectivity index (χ3v) is 6.55. The minimum absolute atomic E-state index is 0.321. The minimum Gasteiger partial charge on any atom is -0.494 e. The summed E-state index contributed by atoms with van der Waals surface area (Å²) in [4.78, 5) is 22.3. The summed E-state index contributed by atoms with van der Waals surface area (Å²) < 4.78 is 7.20. The third-order valence-electron chi connectivity index (χ3n) is 5.72. The number of hydrogen-bond donors (Lipinski definition) is 2. The van der Waals surface area contributed by atoms with Gasteiger partial charge < -0.3 is 15.4 Å². The van der Waals surface area contributed by atoms with Gasteiger partial charge in [0.15, 0.2) is 5.82 Å². The lowest BCUT2D eigenvalue weighted by Crippen LogP contribution is -2.31. The Bertz CT molecular complexity index is 1450. The number of rotatable bonds is 6. The average Bonchev–Trinajstić information content (AvgIpc) is 3.30. The number of hydrogen-bond acceptors (Lipinski definition) is 6. The van der Waals surface area contributed by atoms with E-state index in [1.807, 2.05) is 44.2 Å². The van der Waals surface area contributed by atoms with Crippen LogP contribution in [0.5, 0.6) is 5.75 Å². The standard InChI is InChI=1S/C26H22Cl2N6O2/c1-3-36-18-11-9-16(10-12-18)24-32-26-30-15(2)21(25(35)31-17-6-5-13-29-14-17)23(34(26)33-24)19-7-4-8-20(27)22(19)28/h4-14,23H,3H2,1-2H3,(H,31,35)(H,30,32,33). The van der Waals surface area contributed by atoms with Crippen LogP contribution in [0.25, 0.3) is 11.4 Å². The van der Waals surface area contributed by atoms with Crippen LogP contribution in [-0.2, 0) is 4.79 Å². The molecule has 1 atom stereocenters. The fourth-order valence-electron chi connectivity index (χ4n) is 4.09. The zero-order valence-electron chi connectivity index (χ0n) is 19.5. The molecular formula is C26H22Cl2N6O2. The molecule has 0 bridgehead atoms.